The molecule has 0 unspecified atom stereocenters. The number of benzene rings is 1. The van der Waals surface area contributed by atoms with Crippen molar-refractivity contribution in [2.75, 3.05) is 6.54 Å². The van der Waals surface area contributed by atoms with E-state index in [0.717, 1.165) is 19.0 Å². The van der Waals surface area contributed by atoms with Crippen LogP contribution in [-0.4, -0.2) is 12.6 Å². The first-order valence-electron chi connectivity index (χ1n) is 6.64. The fraction of sp³-hybridized carbons (Fsp3) is 0.500. The minimum Gasteiger partial charge on any atom is -0.314 e. The Hall–Kier alpha value is -1.08. The molecule has 0 atom stereocenters. The Kier molecular flexibility index (Phi) is 4.01. The van der Waals surface area contributed by atoms with Crippen molar-refractivity contribution in [3.63, 3.8) is 0 Å². The molecule has 0 amide bonds. The van der Waals surface area contributed by atoms with Gasteiger partial charge in [0.1, 0.15) is 0 Å². The van der Waals surface area contributed by atoms with Crippen molar-refractivity contribution in [1.29, 1.82) is 0 Å². The van der Waals surface area contributed by atoms with Crippen LogP contribution in [0.15, 0.2) is 18.2 Å². The van der Waals surface area contributed by atoms with Gasteiger partial charge in [-0.25, -0.2) is 0 Å². The van der Waals surface area contributed by atoms with Crippen LogP contribution in [0, 0.1) is 20.8 Å². The third-order valence-electron chi connectivity index (χ3n) is 3.50. The Labute approximate surface area is 105 Å². The van der Waals surface area contributed by atoms with E-state index in [1.54, 1.807) is 0 Å². The summed E-state index contributed by atoms with van der Waals surface area (Å²) >= 11 is 0. The van der Waals surface area contributed by atoms with Gasteiger partial charge in [-0.05, 0) is 68.8 Å². The summed E-state index contributed by atoms with van der Waals surface area (Å²) in [5.74, 6) is 0. The van der Waals surface area contributed by atoms with Crippen molar-refractivity contribution in [3.8, 4) is 0 Å². The Morgan fingerprint density at radius 1 is 1.12 bits per heavy atom. The smallest absolute Gasteiger partial charge is 0.00683 e. The molecular formula is C16H23N. The van der Waals surface area contributed by atoms with E-state index in [0.29, 0.717) is 0 Å². The van der Waals surface area contributed by atoms with E-state index >= 15 is 0 Å². The highest BCUT2D eigenvalue weighted by Gasteiger charge is 2.19. The van der Waals surface area contributed by atoms with Gasteiger partial charge >= 0.3 is 0 Å². The van der Waals surface area contributed by atoms with E-state index in [9.17, 15) is 0 Å². The molecule has 1 aliphatic carbocycles. The Bertz CT molecular complexity index is 414. The average molecular weight is 229 g/mol. The van der Waals surface area contributed by atoms with Crippen molar-refractivity contribution >= 4 is 6.08 Å². The maximum absolute atomic E-state index is 3.53. The van der Waals surface area contributed by atoms with E-state index in [4.69, 9.17) is 0 Å². The molecule has 1 N–H and O–H groups in total. The van der Waals surface area contributed by atoms with Gasteiger partial charge in [0, 0.05) is 6.04 Å². The first-order chi connectivity index (χ1) is 8.16. The normalized spacial score (nSPS) is 15.7. The molecule has 1 saturated carbocycles. The molecule has 0 saturated heterocycles. The predicted molar refractivity (Wildman–Crippen MR) is 75.3 cm³/mol. The van der Waals surface area contributed by atoms with Crippen LogP contribution in [0.4, 0.5) is 0 Å². The van der Waals surface area contributed by atoms with Gasteiger partial charge in [0.25, 0.3) is 0 Å². The van der Waals surface area contributed by atoms with Crippen molar-refractivity contribution in [3.05, 3.63) is 40.5 Å². The highest BCUT2D eigenvalue weighted by Crippen LogP contribution is 2.19. The quantitative estimate of drug-likeness (QED) is 0.758. The zero-order chi connectivity index (χ0) is 12.3. The minimum absolute atomic E-state index is 0.826. The van der Waals surface area contributed by atoms with E-state index in [-0.39, 0.29) is 0 Å². The fourth-order valence-corrected chi connectivity index (χ4v) is 2.03. The molecule has 1 aliphatic rings. The van der Waals surface area contributed by atoms with Gasteiger partial charge in [0.2, 0.25) is 0 Å². The summed E-state index contributed by atoms with van der Waals surface area (Å²) in [6.07, 6.45) is 8.42. The van der Waals surface area contributed by atoms with Crippen LogP contribution >= 0.6 is 0 Å². The first-order valence-corrected chi connectivity index (χ1v) is 6.64. The molecule has 92 valence electrons. The number of hydrogen-bond acceptors (Lipinski definition) is 1. The lowest BCUT2D eigenvalue weighted by Crippen LogP contribution is -2.16. The molecule has 0 aromatic heterocycles. The van der Waals surface area contributed by atoms with Gasteiger partial charge < -0.3 is 5.32 Å². The second-order valence-electron chi connectivity index (χ2n) is 5.21. The van der Waals surface area contributed by atoms with Gasteiger partial charge in [0.05, 0.1) is 0 Å². The van der Waals surface area contributed by atoms with E-state index in [1.807, 2.05) is 0 Å². The third-order valence-corrected chi connectivity index (χ3v) is 3.50. The van der Waals surface area contributed by atoms with Crippen LogP contribution in [0.2, 0.25) is 0 Å². The van der Waals surface area contributed by atoms with Crippen LogP contribution in [0.3, 0.4) is 0 Å². The van der Waals surface area contributed by atoms with Crippen molar-refractivity contribution in [1.82, 2.24) is 5.32 Å². The summed E-state index contributed by atoms with van der Waals surface area (Å²) in [5.41, 5.74) is 5.50. The maximum atomic E-state index is 3.53. The molecule has 17 heavy (non-hydrogen) atoms. The highest BCUT2D eigenvalue weighted by molar-refractivity contribution is 5.56. The lowest BCUT2D eigenvalue weighted by molar-refractivity contribution is 0.691. The summed E-state index contributed by atoms with van der Waals surface area (Å²) in [5, 5.41) is 3.53. The zero-order valence-electron chi connectivity index (χ0n) is 11.2. The lowest BCUT2D eigenvalue weighted by atomic mass is 10.0. The molecule has 0 heterocycles. The standard InChI is InChI=1S/C16H23N/c1-12-10-14(3)15(11-13(12)2)6-4-5-9-17-16-7-8-16/h4,6,10-11,16-17H,5,7-9H2,1-3H3. The summed E-state index contributed by atoms with van der Waals surface area (Å²) in [7, 11) is 0. The monoisotopic (exact) mass is 229 g/mol. The van der Waals surface area contributed by atoms with E-state index in [1.165, 1.54) is 35.1 Å². The molecule has 1 aromatic carbocycles. The number of aryl methyl sites for hydroxylation is 3. The number of rotatable bonds is 5. The molecular weight excluding hydrogens is 206 g/mol. The molecule has 1 fully saturated rings. The Morgan fingerprint density at radius 2 is 1.82 bits per heavy atom. The molecule has 0 bridgehead atoms. The summed E-state index contributed by atoms with van der Waals surface area (Å²) in [6, 6.07) is 5.39. The van der Waals surface area contributed by atoms with Crippen LogP contribution in [0.1, 0.15) is 41.5 Å². The zero-order valence-corrected chi connectivity index (χ0v) is 11.2. The molecule has 1 nitrogen and oxygen atoms in total. The van der Waals surface area contributed by atoms with Gasteiger partial charge in [-0.1, -0.05) is 24.3 Å². The lowest BCUT2D eigenvalue weighted by Gasteiger charge is -2.06. The second-order valence-corrected chi connectivity index (χ2v) is 5.21. The van der Waals surface area contributed by atoms with Gasteiger partial charge in [-0.15, -0.1) is 0 Å². The maximum Gasteiger partial charge on any atom is 0.00683 e. The van der Waals surface area contributed by atoms with Gasteiger partial charge in [-0.3, -0.25) is 0 Å². The van der Waals surface area contributed by atoms with Gasteiger partial charge in [0.15, 0.2) is 0 Å². The number of nitrogens with one attached hydrogen (secondary N) is 1. The summed E-state index contributed by atoms with van der Waals surface area (Å²) in [4.78, 5) is 0. The Balaban J connectivity index is 1.87. The SMILES string of the molecule is Cc1cc(C)c(C=CCCNC2CC2)cc1C. The van der Waals surface area contributed by atoms with Crippen LogP contribution in [-0.2, 0) is 0 Å². The Morgan fingerprint density at radius 3 is 2.53 bits per heavy atom. The van der Waals surface area contributed by atoms with Crippen molar-refractivity contribution < 1.29 is 0 Å². The third kappa shape index (κ3) is 3.71. The highest BCUT2D eigenvalue weighted by atomic mass is 14.9. The summed E-state index contributed by atoms with van der Waals surface area (Å²) < 4.78 is 0. The van der Waals surface area contributed by atoms with Gasteiger partial charge in [-0.2, -0.15) is 0 Å². The molecule has 0 spiro atoms. The van der Waals surface area contributed by atoms with Crippen LogP contribution in [0.5, 0.6) is 0 Å². The van der Waals surface area contributed by atoms with Crippen LogP contribution in [0.25, 0.3) is 6.08 Å². The topological polar surface area (TPSA) is 12.0 Å². The molecule has 0 aliphatic heterocycles. The largest absolute Gasteiger partial charge is 0.314 e. The van der Waals surface area contributed by atoms with Crippen molar-refractivity contribution in [2.45, 2.75) is 46.1 Å². The molecule has 1 aromatic rings. The minimum atomic E-state index is 0.826. The molecule has 2 rings (SSSR count). The molecule has 1 heteroatoms. The average Bonchev–Trinajstić information content (AvgIpc) is 3.08. The fourth-order valence-electron chi connectivity index (χ4n) is 2.03. The molecule has 0 radical (unpaired) electrons. The first kappa shape index (κ1) is 12.4. The van der Waals surface area contributed by atoms with E-state index < -0.39 is 0 Å². The number of hydrogen-bond donors (Lipinski definition) is 1. The van der Waals surface area contributed by atoms with E-state index in [2.05, 4.69) is 50.4 Å². The van der Waals surface area contributed by atoms with Crippen LogP contribution < -0.4 is 5.32 Å². The van der Waals surface area contributed by atoms with Crippen molar-refractivity contribution in [2.24, 2.45) is 0 Å². The summed E-state index contributed by atoms with van der Waals surface area (Å²) in [6.45, 7) is 7.66. The predicted octanol–water partition coefficient (Wildman–Crippen LogP) is 3.77. The second kappa shape index (κ2) is 5.50.